The van der Waals surface area contributed by atoms with Crippen LogP contribution in [0.5, 0.6) is 0 Å². The summed E-state index contributed by atoms with van der Waals surface area (Å²) in [5, 5.41) is 3.56. The van der Waals surface area contributed by atoms with Crippen molar-refractivity contribution in [2.45, 2.75) is 89.5 Å². The molecule has 2 aliphatic heterocycles. The van der Waals surface area contributed by atoms with Crippen molar-refractivity contribution in [2.24, 2.45) is 4.99 Å². The van der Waals surface area contributed by atoms with Crippen LogP contribution in [0.3, 0.4) is 0 Å². The van der Waals surface area contributed by atoms with Crippen LogP contribution in [0.1, 0.15) is 82.5 Å². The van der Waals surface area contributed by atoms with Crippen LogP contribution in [-0.2, 0) is 16.0 Å². The monoisotopic (exact) mass is 374 g/mol. The van der Waals surface area contributed by atoms with E-state index < -0.39 is 0 Å². The van der Waals surface area contributed by atoms with Crippen molar-refractivity contribution in [3.8, 4) is 0 Å². The first-order valence-electron chi connectivity index (χ1n) is 10.8. The zero-order valence-electron chi connectivity index (χ0n) is 16.8. The molecular formula is C21H34N4O2. The van der Waals surface area contributed by atoms with E-state index in [4.69, 9.17) is 9.47 Å². The Balaban J connectivity index is 1.35. The summed E-state index contributed by atoms with van der Waals surface area (Å²) in [6.07, 6.45) is 9.22. The molecule has 0 amide bonds. The Kier molecular flexibility index (Phi) is 5.74. The minimum atomic E-state index is -0.288. The summed E-state index contributed by atoms with van der Waals surface area (Å²) in [5.41, 5.74) is 6.12. The molecule has 1 atom stereocenters. The Labute approximate surface area is 162 Å². The summed E-state index contributed by atoms with van der Waals surface area (Å²) in [5.74, 6) is 1.16. The molecular weight excluding hydrogens is 340 g/mol. The van der Waals surface area contributed by atoms with Crippen LogP contribution in [0.4, 0.5) is 0 Å². The van der Waals surface area contributed by atoms with Gasteiger partial charge in [0.2, 0.25) is 5.96 Å². The first kappa shape index (κ1) is 18.8. The van der Waals surface area contributed by atoms with Gasteiger partial charge < -0.3 is 14.8 Å². The van der Waals surface area contributed by atoms with Gasteiger partial charge in [0.15, 0.2) is 5.79 Å². The second-order valence-corrected chi connectivity index (χ2v) is 8.28. The van der Waals surface area contributed by atoms with Crippen molar-refractivity contribution in [1.29, 1.82) is 0 Å². The van der Waals surface area contributed by atoms with Crippen LogP contribution in [0.2, 0.25) is 0 Å². The summed E-state index contributed by atoms with van der Waals surface area (Å²) in [4.78, 5) is 4.69. The summed E-state index contributed by atoms with van der Waals surface area (Å²) in [6, 6.07) is 4.92. The molecule has 0 radical (unpaired) electrons. The fraction of sp³-hybridized carbons (Fsp3) is 0.762. The Bertz CT molecular complexity index is 653. The van der Waals surface area contributed by atoms with Crippen LogP contribution >= 0.6 is 0 Å². The highest BCUT2D eigenvalue weighted by Crippen LogP contribution is 2.42. The SMILES string of the molecule is CCCCC[C@H](C)NC1=NCc2ccc(C3CCC4(CC3)OCCO4)n2N1. The average molecular weight is 375 g/mol. The van der Waals surface area contributed by atoms with E-state index >= 15 is 0 Å². The zero-order chi connectivity index (χ0) is 18.7. The number of guanidine groups is 1. The molecule has 1 aromatic rings. The van der Waals surface area contributed by atoms with Crippen molar-refractivity contribution in [3.63, 3.8) is 0 Å². The van der Waals surface area contributed by atoms with Gasteiger partial charge in [0.05, 0.1) is 25.5 Å². The van der Waals surface area contributed by atoms with Crippen molar-refractivity contribution in [1.82, 2.24) is 9.99 Å². The van der Waals surface area contributed by atoms with Crippen molar-refractivity contribution >= 4 is 5.96 Å². The summed E-state index contributed by atoms with van der Waals surface area (Å²) < 4.78 is 14.0. The minimum Gasteiger partial charge on any atom is -0.353 e. The van der Waals surface area contributed by atoms with Gasteiger partial charge in [-0.25, -0.2) is 4.99 Å². The molecule has 6 heteroatoms. The second kappa shape index (κ2) is 8.23. The molecule has 2 N–H and O–H groups in total. The van der Waals surface area contributed by atoms with E-state index in [9.17, 15) is 0 Å². The molecule has 27 heavy (non-hydrogen) atoms. The van der Waals surface area contributed by atoms with Gasteiger partial charge in [0.25, 0.3) is 0 Å². The number of ether oxygens (including phenoxy) is 2. The first-order chi connectivity index (χ1) is 13.2. The second-order valence-electron chi connectivity index (χ2n) is 8.28. The molecule has 4 rings (SSSR count). The van der Waals surface area contributed by atoms with Crippen LogP contribution in [-0.4, -0.2) is 35.7 Å². The van der Waals surface area contributed by atoms with Gasteiger partial charge in [-0.3, -0.25) is 10.1 Å². The van der Waals surface area contributed by atoms with Crippen LogP contribution in [0.25, 0.3) is 0 Å². The Morgan fingerprint density at radius 3 is 2.78 bits per heavy atom. The quantitative estimate of drug-likeness (QED) is 0.743. The maximum Gasteiger partial charge on any atom is 0.211 e. The third-order valence-corrected chi connectivity index (χ3v) is 6.21. The number of hydrogen-bond donors (Lipinski definition) is 2. The first-order valence-corrected chi connectivity index (χ1v) is 10.8. The Hall–Kier alpha value is -1.53. The van der Waals surface area contributed by atoms with E-state index in [1.165, 1.54) is 37.1 Å². The molecule has 6 nitrogen and oxygen atoms in total. The third kappa shape index (κ3) is 4.16. The van der Waals surface area contributed by atoms with Gasteiger partial charge in [-0.2, -0.15) is 0 Å². The molecule has 1 aromatic heterocycles. The summed E-state index contributed by atoms with van der Waals surface area (Å²) >= 11 is 0. The lowest BCUT2D eigenvalue weighted by Gasteiger charge is -2.36. The van der Waals surface area contributed by atoms with Gasteiger partial charge in [0, 0.05) is 30.5 Å². The summed E-state index contributed by atoms with van der Waals surface area (Å²) in [7, 11) is 0. The molecule has 1 spiro atoms. The van der Waals surface area contributed by atoms with E-state index in [2.05, 4.69) is 46.4 Å². The predicted octanol–water partition coefficient (Wildman–Crippen LogP) is 3.86. The molecule has 1 saturated heterocycles. The number of nitrogens with zero attached hydrogens (tertiary/aromatic N) is 2. The number of aliphatic imine (C=N–C) groups is 1. The molecule has 3 heterocycles. The smallest absolute Gasteiger partial charge is 0.211 e. The lowest BCUT2D eigenvalue weighted by atomic mass is 9.83. The topological polar surface area (TPSA) is 59.8 Å². The number of rotatable bonds is 6. The molecule has 1 saturated carbocycles. The fourth-order valence-corrected chi connectivity index (χ4v) is 4.60. The van der Waals surface area contributed by atoms with Gasteiger partial charge in [-0.1, -0.05) is 26.2 Å². The standard InChI is InChI=1S/C21H34N4O2/c1-3-4-5-6-16(2)23-20-22-15-18-7-8-19(25(18)24-20)17-9-11-21(12-10-17)26-13-14-27-21/h7-8,16-17H,3-6,9-15H2,1-2H3,(H2,22,23,24)/t16-/m0/s1. The lowest BCUT2D eigenvalue weighted by Crippen LogP contribution is -2.44. The molecule has 150 valence electrons. The maximum absolute atomic E-state index is 5.89. The van der Waals surface area contributed by atoms with E-state index in [-0.39, 0.29) is 5.79 Å². The molecule has 1 aliphatic carbocycles. The average Bonchev–Trinajstić information content (AvgIpc) is 3.30. The van der Waals surface area contributed by atoms with Gasteiger partial charge in [-0.15, -0.1) is 0 Å². The number of aromatic nitrogens is 1. The predicted molar refractivity (Wildman–Crippen MR) is 108 cm³/mol. The van der Waals surface area contributed by atoms with Crippen molar-refractivity contribution in [3.05, 3.63) is 23.5 Å². The highest BCUT2D eigenvalue weighted by molar-refractivity contribution is 5.88. The molecule has 0 unspecified atom stereocenters. The van der Waals surface area contributed by atoms with Gasteiger partial charge in [0.1, 0.15) is 0 Å². The Morgan fingerprint density at radius 1 is 1.26 bits per heavy atom. The zero-order valence-corrected chi connectivity index (χ0v) is 16.8. The van der Waals surface area contributed by atoms with Crippen molar-refractivity contribution < 1.29 is 9.47 Å². The van der Waals surface area contributed by atoms with Gasteiger partial charge >= 0.3 is 0 Å². The highest BCUT2D eigenvalue weighted by Gasteiger charge is 2.41. The van der Waals surface area contributed by atoms with Crippen LogP contribution in [0.15, 0.2) is 17.1 Å². The number of hydrogen-bond acceptors (Lipinski definition) is 5. The Morgan fingerprint density at radius 2 is 2.04 bits per heavy atom. The largest absolute Gasteiger partial charge is 0.353 e. The molecule has 0 aromatic carbocycles. The fourth-order valence-electron chi connectivity index (χ4n) is 4.60. The minimum absolute atomic E-state index is 0.288. The lowest BCUT2D eigenvalue weighted by molar-refractivity contribution is -0.179. The maximum atomic E-state index is 5.89. The number of nitrogens with one attached hydrogen (secondary N) is 2. The molecule has 2 fully saturated rings. The van der Waals surface area contributed by atoms with E-state index in [1.54, 1.807) is 0 Å². The van der Waals surface area contributed by atoms with E-state index in [0.29, 0.717) is 12.0 Å². The molecule has 3 aliphatic rings. The van der Waals surface area contributed by atoms with E-state index in [1.807, 2.05) is 0 Å². The normalized spacial score (nSPS) is 23.0. The summed E-state index contributed by atoms with van der Waals surface area (Å²) in [6.45, 7) is 6.72. The number of fused-ring (bicyclic) bond motifs is 1. The van der Waals surface area contributed by atoms with Crippen LogP contribution in [0, 0.1) is 0 Å². The molecule has 0 bridgehead atoms. The van der Waals surface area contributed by atoms with Crippen molar-refractivity contribution in [2.75, 3.05) is 18.6 Å². The van der Waals surface area contributed by atoms with Gasteiger partial charge in [-0.05, 0) is 38.3 Å². The third-order valence-electron chi connectivity index (χ3n) is 6.21. The van der Waals surface area contributed by atoms with E-state index in [0.717, 1.165) is 51.4 Å². The number of unbranched alkanes of at least 4 members (excludes halogenated alkanes) is 2. The van der Waals surface area contributed by atoms with Crippen LogP contribution < -0.4 is 10.7 Å². The highest BCUT2D eigenvalue weighted by atomic mass is 16.7.